The van der Waals surface area contributed by atoms with E-state index in [1.807, 2.05) is 0 Å². The Kier molecular flexibility index (Phi) is 2.97. The zero-order valence-electron chi connectivity index (χ0n) is 6.59. The Bertz CT molecular complexity index is 279. The third kappa shape index (κ3) is 1.91. The summed E-state index contributed by atoms with van der Waals surface area (Å²) in [6, 6.07) is 0. The fourth-order valence-corrected chi connectivity index (χ4v) is 1.24. The van der Waals surface area contributed by atoms with E-state index in [2.05, 4.69) is 25.9 Å². The lowest BCUT2D eigenvalue weighted by atomic mass is 10.2. The van der Waals surface area contributed by atoms with Gasteiger partial charge in [-0.3, -0.25) is 0 Å². The van der Waals surface area contributed by atoms with Gasteiger partial charge in [-0.15, -0.1) is 0 Å². The molecule has 0 fully saturated rings. The van der Waals surface area contributed by atoms with Crippen molar-refractivity contribution < 1.29 is 4.39 Å². The van der Waals surface area contributed by atoms with Gasteiger partial charge < -0.3 is 5.73 Å². The molecule has 3 nitrogen and oxygen atoms in total. The minimum Gasteiger partial charge on any atom is -0.382 e. The monoisotopic (exact) mass is 233 g/mol. The van der Waals surface area contributed by atoms with Crippen LogP contribution in [0.1, 0.15) is 25.2 Å². The Labute approximate surface area is 78.3 Å². The van der Waals surface area contributed by atoms with E-state index in [0.717, 1.165) is 0 Å². The van der Waals surface area contributed by atoms with Gasteiger partial charge in [0.1, 0.15) is 22.3 Å². The number of alkyl halides is 1. The lowest BCUT2D eigenvalue weighted by Crippen LogP contribution is -2.01. The smallest absolute Gasteiger partial charge is 0.144 e. The molecule has 0 bridgehead atoms. The molecule has 0 aromatic carbocycles. The Morgan fingerprint density at radius 3 is 3.00 bits per heavy atom. The topological polar surface area (TPSA) is 51.8 Å². The molecule has 0 aliphatic heterocycles. The lowest BCUT2D eigenvalue weighted by Gasteiger charge is -2.06. The highest BCUT2D eigenvalue weighted by atomic mass is 79.9. The maximum Gasteiger partial charge on any atom is 0.144 e. The molecule has 5 heteroatoms. The summed E-state index contributed by atoms with van der Waals surface area (Å²) in [4.78, 5) is 7.67. The molecule has 66 valence electrons. The zero-order valence-corrected chi connectivity index (χ0v) is 8.18. The summed E-state index contributed by atoms with van der Waals surface area (Å²) in [7, 11) is 0. The highest BCUT2D eigenvalue weighted by Crippen LogP contribution is 2.25. The molecule has 0 saturated heterocycles. The van der Waals surface area contributed by atoms with Gasteiger partial charge in [0.05, 0.1) is 6.20 Å². The fourth-order valence-electron chi connectivity index (χ4n) is 0.796. The Morgan fingerprint density at radius 1 is 1.75 bits per heavy atom. The molecule has 0 spiro atoms. The van der Waals surface area contributed by atoms with Crippen molar-refractivity contribution >= 4 is 21.7 Å². The van der Waals surface area contributed by atoms with E-state index in [1.54, 1.807) is 6.92 Å². The molecule has 1 atom stereocenters. The molecule has 0 amide bonds. The number of nitrogens with two attached hydrogens (primary N) is 1. The van der Waals surface area contributed by atoms with Crippen molar-refractivity contribution in [1.29, 1.82) is 0 Å². The second kappa shape index (κ2) is 3.80. The SMILES string of the molecule is CCC(F)c1nc(N)cnc1Br. The second-order valence-electron chi connectivity index (χ2n) is 2.35. The third-order valence-corrected chi connectivity index (χ3v) is 2.04. The molecule has 1 rings (SSSR count). The predicted molar refractivity (Wildman–Crippen MR) is 48.3 cm³/mol. The average Bonchev–Trinajstić information content (AvgIpc) is 2.08. The van der Waals surface area contributed by atoms with Crippen LogP contribution in [-0.4, -0.2) is 9.97 Å². The van der Waals surface area contributed by atoms with Gasteiger partial charge in [0.25, 0.3) is 0 Å². The van der Waals surface area contributed by atoms with Gasteiger partial charge in [-0.1, -0.05) is 6.92 Å². The van der Waals surface area contributed by atoms with Crippen LogP contribution in [0.25, 0.3) is 0 Å². The number of aromatic nitrogens is 2. The van der Waals surface area contributed by atoms with Crippen LogP contribution in [-0.2, 0) is 0 Å². The van der Waals surface area contributed by atoms with E-state index in [-0.39, 0.29) is 11.5 Å². The van der Waals surface area contributed by atoms with E-state index in [4.69, 9.17) is 5.73 Å². The van der Waals surface area contributed by atoms with Crippen LogP contribution >= 0.6 is 15.9 Å². The van der Waals surface area contributed by atoms with Crippen LogP contribution in [0.2, 0.25) is 0 Å². The summed E-state index contributed by atoms with van der Waals surface area (Å²) < 4.78 is 13.5. The highest BCUT2D eigenvalue weighted by molar-refractivity contribution is 9.10. The molecule has 0 saturated carbocycles. The maximum atomic E-state index is 13.1. The van der Waals surface area contributed by atoms with E-state index in [0.29, 0.717) is 11.0 Å². The normalized spacial score (nSPS) is 12.9. The largest absolute Gasteiger partial charge is 0.382 e. The molecule has 0 aliphatic carbocycles. The van der Waals surface area contributed by atoms with Crippen molar-refractivity contribution in [1.82, 2.24) is 9.97 Å². The number of halogens is 2. The van der Waals surface area contributed by atoms with Crippen LogP contribution in [0.15, 0.2) is 10.8 Å². The molecule has 0 aliphatic rings. The van der Waals surface area contributed by atoms with Crippen molar-refractivity contribution in [2.24, 2.45) is 0 Å². The Hall–Kier alpha value is -0.710. The summed E-state index contributed by atoms with van der Waals surface area (Å²) in [6.45, 7) is 1.74. The second-order valence-corrected chi connectivity index (χ2v) is 3.10. The average molecular weight is 234 g/mol. The maximum absolute atomic E-state index is 13.1. The first-order chi connectivity index (χ1) is 5.65. The molecule has 1 heterocycles. The van der Waals surface area contributed by atoms with Crippen LogP contribution < -0.4 is 5.73 Å². The number of hydrogen-bond donors (Lipinski definition) is 1. The molecule has 1 aromatic rings. The number of anilines is 1. The molecule has 1 aromatic heterocycles. The zero-order chi connectivity index (χ0) is 9.14. The van der Waals surface area contributed by atoms with Crippen LogP contribution in [0.5, 0.6) is 0 Å². The minimum atomic E-state index is -1.10. The number of nitrogen functional groups attached to an aromatic ring is 1. The van der Waals surface area contributed by atoms with E-state index in [1.165, 1.54) is 6.20 Å². The minimum absolute atomic E-state index is 0.240. The lowest BCUT2D eigenvalue weighted by molar-refractivity contribution is 0.325. The standard InChI is InChI=1S/C7H9BrFN3/c1-2-4(9)6-7(8)11-3-5(10)12-6/h3-4H,2H2,1H3,(H2,10,12). The van der Waals surface area contributed by atoms with Crippen molar-refractivity contribution in [3.8, 4) is 0 Å². The number of nitrogens with zero attached hydrogens (tertiary/aromatic N) is 2. The van der Waals surface area contributed by atoms with Gasteiger partial charge in [0.15, 0.2) is 0 Å². The molecule has 0 radical (unpaired) electrons. The first-order valence-corrected chi connectivity index (χ1v) is 4.36. The summed E-state index contributed by atoms with van der Waals surface area (Å²) in [6.07, 6.45) is 0.655. The molecule has 1 unspecified atom stereocenters. The fraction of sp³-hybridized carbons (Fsp3) is 0.429. The van der Waals surface area contributed by atoms with Crippen LogP contribution in [0.3, 0.4) is 0 Å². The summed E-state index contributed by atoms with van der Waals surface area (Å²) >= 11 is 3.10. The predicted octanol–water partition coefficient (Wildman–Crippen LogP) is 2.24. The first kappa shape index (κ1) is 9.38. The van der Waals surface area contributed by atoms with Gasteiger partial charge in [-0.05, 0) is 22.4 Å². The van der Waals surface area contributed by atoms with Crippen molar-refractivity contribution in [3.05, 3.63) is 16.5 Å². The highest BCUT2D eigenvalue weighted by Gasteiger charge is 2.13. The molecule has 2 N–H and O–H groups in total. The van der Waals surface area contributed by atoms with Gasteiger partial charge in [0.2, 0.25) is 0 Å². The van der Waals surface area contributed by atoms with Crippen LogP contribution in [0, 0.1) is 0 Å². The summed E-state index contributed by atoms with van der Waals surface area (Å²) in [5.41, 5.74) is 5.63. The molecule has 12 heavy (non-hydrogen) atoms. The van der Waals surface area contributed by atoms with E-state index >= 15 is 0 Å². The number of hydrogen-bond acceptors (Lipinski definition) is 3. The van der Waals surface area contributed by atoms with E-state index < -0.39 is 6.17 Å². The van der Waals surface area contributed by atoms with Crippen molar-refractivity contribution in [2.45, 2.75) is 19.5 Å². The molecular formula is C7H9BrFN3. The quantitative estimate of drug-likeness (QED) is 0.853. The first-order valence-electron chi connectivity index (χ1n) is 3.57. The van der Waals surface area contributed by atoms with Gasteiger partial charge in [0, 0.05) is 0 Å². The summed E-state index contributed by atoms with van der Waals surface area (Å²) in [5.74, 6) is 0.240. The van der Waals surface area contributed by atoms with Gasteiger partial charge in [-0.25, -0.2) is 14.4 Å². The van der Waals surface area contributed by atoms with Crippen molar-refractivity contribution in [3.63, 3.8) is 0 Å². The van der Waals surface area contributed by atoms with Gasteiger partial charge in [-0.2, -0.15) is 0 Å². The van der Waals surface area contributed by atoms with Crippen LogP contribution in [0.4, 0.5) is 10.2 Å². The summed E-state index contributed by atoms with van der Waals surface area (Å²) in [5, 5.41) is 0. The third-order valence-electron chi connectivity index (χ3n) is 1.43. The molecular weight excluding hydrogens is 225 g/mol. The number of rotatable bonds is 2. The Morgan fingerprint density at radius 2 is 2.42 bits per heavy atom. The Balaban J connectivity index is 3.04. The van der Waals surface area contributed by atoms with Crippen molar-refractivity contribution in [2.75, 3.05) is 5.73 Å². The van der Waals surface area contributed by atoms with E-state index in [9.17, 15) is 4.39 Å². The van der Waals surface area contributed by atoms with Gasteiger partial charge >= 0.3 is 0 Å².